The lowest BCUT2D eigenvalue weighted by molar-refractivity contribution is -0.134. The topological polar surface area (TPSA) is 46.3 Å². The molecule has 0 aliphatic carbocycles. The van der Waals surface area contributed by atoms with Crippen molar-refractivity contribution in [2.75, 3.05) is 19.6 Å². The molecule has 1 heterocycles. The summed E-state index contributed by atoms with van der Waals surface area (Å²) in [4.78, 5) is 14.0. The van der Waals surface area contributed by atoms with Crippen LogP contribution in [0.1, 0.15) is 40.0 Å². The van der Waals surface area contributed by atoms with Gasteiger partial charge in [0, 0.05) is 19.5 Å². The number of nitrogens with two attached hydrogens (primary N) is 1. The Morgan fingerprint density at radius 1 is 1.56 bits per heavy atom. The molecule has 0 aromatic carbocycles. The van der Waals surface area contributed by atoms with Gasteiger partial charge in [-0.25, -0.2) is 0 Å². The molecule has 0 saturated carbocycles. The second kappa shape index (κ2) is 6.24. The zero-order valence-corrected chi connectivity index (χ0v) is 10.9. The Hall–Kier alpha value is -0.570. The van der Waals surface area contributed by atoms with Crippen molar-refractivity contribution >= 4 is 5.91 Å². The molecule has 1 aliphatic heterocycles. The maximum atomic E-state index is 12.0. The number of piperidine rings is 1. The van der Waals surface area contributed by atoms with Crippen molar-refractivity contribution < 1.29 is 4.79 Å². The van der Waals surface area contributed by atoms with E-state index in [2.05, 4.69) is 20.8 Å². The lowest BCUT2D eigenvalue weighted by Gasteiger charge is -2.37. The van der Waals surface area contributed by atoms with Gasteiger partial charge in [0.05, 0.1) is 0 Å². The van der Waals surface area contributed by atoms with Gasteiger partial charge in [-0.1, -0.05) is 27.2 Å². The molecule has 0 aromatic heterocycles. The molecule has 0 spiro atoms. The fourth-order valence-corrected chi connectivity index (χ4v) is 2.25. The molecule has 94 valence electrons. The van der Waals surface area contributed by atoms with Gasteiger partial charge in [0.15, 0.2) is 0 Å². The predicted molar refractivity (Wildman–Crippen MR) is 67.0 cm³/mol. The minimum Gasteiger partial charge on any atom is -0.342 e. The molecule has 3 atom stereocenters. The average molecular weight is 226 g/mol. The van der Waals surface area contributed by atoms with Crippen LogP contribution in [-0.2, 0) is 4.79 Å². The molecule has 3 nitrogen and oxygen atoms in total. The summed E-state index contributed by atoms with van der Waals surface area (Å²) in [6, 6.07) is 0. The third kappa shape index (κ3) is 3.48. The van der Waals surface area contributed by atoms with Gasteiger partial charge in [-0.15, -0.1) is 0 Å². The summed E-state index contributed by atoms with van der Waals surface area (Å²) >= 11 is 0. The van der Waals surface area contributed by atoms with E-state index < -0.39 is 0 Å². The number of hydrogen-bond acceptors (Lipinski definition) is 2. The largest absolute Gasteiger partial charge is 0.342 e. The molecule has 3 heteroatoms. The summed E-state index contributed by atoms with van der Waals surface area (Å²) in [5.74, 6) is 1.98. The second-order valence-electron chi connectivity index (χ2n) is 5.32. The number of hydrogen-bond donors (Lipinski definition) is 1. The summed E-state index contributed by atoms with van der Waals surface area (Å²) in [6.07, 6.45) is 2.88. The maximum Gasteiger partial charge on any atom is 0.222 e. The van der Waals surface area contributed by atoms with Crippen LogP contribution in [0.25, 0.3) is 0 Å². The van der Waals surface area contributed by atoms with E-state index in [9.17, 15) is 4.79 Å². The SMILES string of the molecule is CCC(C)CC(=O)N1CCC(C)C(CN)C1. The van der Waals surface area contributed by atoms with Gasteiger partial charge in [-0.05, 0) is 30.7 Å². The Bertz CT molecular complexity index is 230. The summed E-state index contributed by atoms with van der Waals surface area (Å²) in [7, 11) is 0. The zero-order chi connectivity index (χ0) is 12.1. The first kappa shape index (κ1) is 13.5. The Labute approximate surface area is 99.4 Å². The summed E-state index contributed by atoms with van der Waals surface area (Å²) in [6.45, 7) is 9.02. The molecule has 1 fully saturated rings. The van der Waals surface area contributed by atoms with Crippen LogP contribution in [0.4, 0.5) is 0 Å². The lowest BCUT2D eigenvalue weighted by atomic mass is 9.87. The van der Waals surface area contributed by atoms with Crippen LogP contribution in [0, 0.1) is 17.8 Å². The van der Waals surface area contributed by atoms with Crippen LogP contribution in [-0.4, -0.2) is 30.4 Å². The van der Waals surface area contributed by atoms with Crippen LogP contribution in [0.15, 0.2) is 0 Å². The predicted octanol–water partition coefficient (Wildman–Crippen LogP) is 1.87. The van der Waals surface area contributed by atoms with Crippen molar-refractivity contribution in [1.29, 1.82) is 0 Å². The van der Waals surface area contributed by atoms with E-state index in [0.717, 1.165) is 25.9 Å². The zero-order valence-electron chi connectivity index (χ0n) is 10.9. The van der Waals surface area contributed by atoms with Gasteiger partial charge in [0.1, 0.15) is 0 Å². The van der Waals surface area contributed by atoms with Gasteiger partial charge < -0.3 is 10.6 Å². The van der Waals surface area contributed by atoms with E-state index in [-0.39, 0.29) is 0 Å². The molecule has 1 rings (SSSR count). The molecule has 2 N–H and O–H groups in total. The minimum atomic E-state index is 0.319. The maximum absolute atomic E-state index is 12.0. The van der Waals surface area contributed by atoms with Crippen LogP contribution in [0.2, 0.25) is 0 Å². The standard InChI is InChI=1S/C13H26N2O/c1-4-10(2)7-13(16)15-6-5-11(3)12(8-14)9-15/h10-12H,4-9,14H2,1-3H3. The van der Waals surface area contributed by atoms with Crippen molar-refractivity contribution in [1.82, 2.24) is 4.90 Å². The number of nitrogens with zero attached hydrogens (tertiary/aromatic N) is 1. The Morgan fingerprint density at radius 3 is 2.81 bits per heavy atom. The number of carbonyl (C=O) groups excluding carboxylic acids is 1. The molecule has 1 amide bonds. The summed E-state index contributed by atoms with van der Waals surface area (Å²) < 4.78 is 0. The first-order valence-electron chi connectivity index (χ1n) is 6.56. The van der Waals surface area contributed by atoms with Crippen LogP contribution < -0.4 is 5.73 Å². The Morgan fingerprint density at radius 2 is 2.25 bits per heavy atom. The highest BCUT2D eigenvalue weighted by molar-refractivity contribution is 5.76. The number of carbonyl (C=O) groups is 1. The van der Waals surface area contributed by atoms with E-state index in [4.69, 9.17) is 5.73 Å². The first-order valence-corrected chi connectivity index (χ1v) is 6.56. The Kier molecular flexibility index (Phi) is 5.26. The molecule has 0 bridgehead atoms. The van der Waals surface area contributed by atoms with E-state index in [1.807, 2.05) is 4.90 Å². The van der Waals surface area contributed by atoms with Crippen LogP contribution in [0.5, 0.6) is 0 Å². The molecular weight excluding hydrogens is 200 g/mol. The van der Waals surface area contributed by atoms with Crippen molar-refractivity contribution in [3.8, 4) is 0 Å². The first-order chi connectivity index (χ1) is 7.58. The van der Waals surface area contributed by atoms with Gasteiger partial charge in [0.2, 0.25) is 5.91 Å². The molecule has 0 radical (unpaired) electrons. The van der Waals surface area contributed by atoms with Crippen molar-refractivity contribution in [3.05, 3.63) is 0 Å². The van der Waals surface area contributed by atoms with Gasteiger partial charge in [-0.2, -0.15) is 0 Å². The monoisotopic (exact) mass is 226 g/mol. The van der Waals surface area contributed by atoms with Crippen LogP contribution in [0.3, 0.4) is 0 Å². The highest BCUT2D eigenvalue weighted by atomic mass is 16.2. The smallest absolute Gasteiger partial charge is 0.222 e. The van der Waals surface area contributed by atoms with Gasteiger partial charge in [0.25, 0.3) is 0 Å². The average Bonchev–Trinajstić information content (AvgIpc) is 2.29. The van der Waals surface area contributed by atoms with E-state index >= 15 is 0 Å². The van der Waals surface area contributed by atoms with Crippen molar-refractivity contribution in [2.24, 2.45) is 23.5 Å². The molecule has 16 heavy (non-hydrogen) atoms. The third-order valence-corrected chi connectivity index (χ3v) is 3.99. The Balaban J connectivity index is 2.45. The highest BCUT2D eigenvalue weighted by Gasteiger charge is 2.27. The third-order valence-electron chi connectivity index (χ3n) is 3.99. The normalized spacial score (nSPS) is 27.9. The van der Waals surface area contributed by atoms with Gasteiger partial charge in [-0.3, -0.25) is 4.79 Å². The molecule has 1 aliphatic rings. The lowest BCUT2D eigenvalue weighted by Crippen LogP contribution is -2.45. The van der Waals surface area contributed by atoms with Crippen LogP contribution >= 0.6 is 0 Å². The van der Waals surface area contributed by atoms with Crippen molar-refractivity contribution in [2.45, 2.75) is 40.0 Å². The summed E-state index contributed by atoms with van der Waals surface area (Å²) in [5, 5.41) is 0. The number of rotatable bonds is 4. The molecular formula is C13H26N2O. The van der Waals surface area contributed by atoms with Crippen molar-refractivity contribution in [3.63, 3.8) is 0 Å². The highest BCUT2D eigenvalue weighted by Crippen LogP contribution is 2.23. The summed E-state index contributed by atoms with van der Waals surface area (Å²) in [5.41, 5.74) is 5.75. The van der Waals surface area contributed by atoms with E-state index in [0.29, 0.717) is 36.6 Å². The van der Waals surface area contributed by atoms with E-state index in [1.165, 1.54) is 0 Å². The number of amides is 1. The van der Waals surface area contributed by atoms with Gasteiger partial charge >= 0.3 is 0 Å². The second-order valence-corrected chi connectivity index (χ2v) is 5.32. The van der Waals surface area contributed by atoms with E-state index in [1.54, 1.807) is 0 Å². The number of likely N-dealkylation sites (tertiary alicyclic amines) is 1. The molecule has 3 unspecified atom stereocenters. The fraction of sp³-hybridized carbons (Fsp3) is 0.923. The fourth-order valence-electron chi connectivity index (χ4n) is 2.25. The minimum absolute atomic E-state index is 0.319. The molecule has 0 aromatic rings. The molecule has 1 saturated heterocycles. The quantitative estimate of drug-likeness (QED) is 0.795.